The molecule has 0 spiro atoms. The van der Waals surface area contributed by atoms with Crippen LogP contribution in [0, 0.1) is 0 Å². The summed E-state index contributed by atoms with van der Waals surface area (Å²) in [5.41, 5.74) is 1.49. The third-order valence-electron chi connectivity index (χ3n) is 2.62. The lowest BCUT2D eigenvalue weighted by molar-refractivity contribution is 0.0564. The Labute approximate surface area is 125 Å². The third kappa shape index (κ3) is 6.01. The van der Waals surface area contributed by atoms with Gasteiger partial charge in [0, 0.05) is 25.5 Å². The normalized spacial score (nSPS) is 11.8. The van der Waals surface area contributed by atoms with Gasteiger partial charge < -0.3 is 18.9 Å². The van der Waals surface area contributed by atoms with Crippen LogP contribution in [-0.4, -0.2) is 39.6 Å². The number of carbonyl (C=O) groups is 1. The second-order valence-electron chi connectivity index (χ2n) is 4.48. The largest absolute Gasteiger partial charge is 0.494 e. The maximum atomic E-state index is 11.7. The van der Waals surface area contributed by atoms with Gasteiger partial charge in [-0.15, -0.1) is 0 Å². The van der Waals surface area contributed by atoms with Crippen molar-refractivity contribution in [3.05, 3.63) is 23.8 Å². The zero-order chi connectivity index (χ0) is 15.7. The first-order valence-electron chi connectivity index (χ1n) is 6.81. The summed E-state index contributed by atoms with van der Waals surface area (Å²) in [6.45, 7) is 5.00. The molecular weight excluding hydrogens is 274 g/mol. The fourth-order valence-electron chi connectivity index (χ4n) is 1.82. The van der Waals surface area contributed by atoms with Crippen LogP contribution in [0.4, 0.5) is 10.5 Å². The van der Waals surface area contributed by atoms with E-state index in [1.165, 1.54) is 0 Å². The Morgan fingerprint density at radius 1 is 1.29 bits per heavy atom. The molecule has 1 rings (SSSR count). The van der Waals surface area contributed by atoms with Gasteiger partial charge in [0.25, 0.3) is 0 Å². The van der Waals surface area contributed by atoms with Crippen LogP contribution in [0.1, 0.15) is 19.4 Å². The van der Waals surface area contributed by atoms with Gasteiger partial charge in [-0.05, 0) is 32.0 Å². The van der Waals surface area contributed by atoms with Crippen LogP contribution >= 0.6 is 0 Å². The molecular formula is C15H23NO5. The number of anilines is 1. The Kier molecular flexibility index (Phi) is 7.56. The minimum Gasteiger partial charge on any atom is -0.494 e. The van der Waals surface area contributed by atoms with E-state index < -0.39 is 6.09 Å². The zero-order valence-corrected chi connectivity index (χ0v) is 13.0. The SMILES string of the molecule is CCOc1ccc(NC(=O)OC(C)COC)cc1COC. The molecule has 0 aliphatic rings. The summed E-state index contributed by atoms with van der Waals surface area (Å²) in [4.78, 5) is 11.7. The number of carbonyl (C=O) groups excluding carboxylic acids is 1. The van der Waals surface area contributed by atoms with Crippen molar-refractivity contribution >= 4 is 11.8 Å². The fourth-order valence-corrected chi connectivity index (χ4v) is 1.82. The molecule has 1 amide bonds. The maximum Gasteiger partial charge on any atom is 0.411 e. The molecule has 118 valence electrons. The lowest BCUT2D eigenvalue weighted by Gasteiger charge is -2.15. The van der Waals surface area contributed by atoms with Crippen molar-refractivity contribution in [2.45, 2.75) is 26.6 Å². The summed E-state index contributed by atoms with van der Waals surface area (Å²) >= 11 is 0. The fraction of sp³-hybridized carbons (Fsp3) is 0.533. The van der Waals surface area contributed by atoms with E-state index >= 15 is 0 Å². The van der Waals surface area contributed by atoms with E-state index in [0.717, 1.165) is 11.3 Å². The summed E-state index contributed by atoms with van der Waals surface area (Å²) in [7, 11) is 3.16. The van der Waals surface area contributed by atoms with E-state index in [1.807, 2.05) is 6.92 Å². The first-order valence-corrected chi connectivity index (χ1v) is 6.81. The van der Waals surface area contributed by atoms with E-state index in [2.05, 4.69) is 5.32 Å². The Bertz CT molecular complexity index is 450. The average Bonchev–Trinajstić information content (AvgIpc) is 2.42. The molecule has 0 heterocycles. The van der Waals surface area contributed by atoms with E-state index in [9.17, 15) is 4.79 Å². The van der Waals surface area contributed by atoms with Crippen molar-refractivity contribution in [2.24, 2.45) is 0 Å². The predicted octanol–water partition coefficient (Wildman–Crippen LogP) is 2.82. The number of nitrogens with one attached hydrogen (secondary N) is 1. The molecule has 0 fully saturated rings. The first-order chi connectivity index (χ1) is 10.1. The molecule has 0 radical (unpaired) electrons. The van der Waals surface area contributed by atoms with Crippen LogP contribution in [0.2, 0.25) is 0 Å². The molecule has 1 aromatic carbocycles. The van der Waals surface area contributed by atoms with Crippen LogP contribution in [0.3, 0.4) is 0 Å². The molecule has 0 bridgehead atoms. The van der Waals surface area contributed by atoms with Gasteiger partial charge in [0.2, 0.25) is 0 Å². The zero-order valence-electron chi connectivity index (χ0n) is 13.0. The Morgan fingerprint density at radius 2 is 2.05 bits per heavy atom. The van der Waals surface area contributed by atoms with Crippen LogP contribution in [0.15, 0.2) is 18.2 Å². The molecule has 0 saturated heterocycles. The predicted molar refractivity (Wildman–Crippen MR) is 79.8 cm³/mol. The van der Waals surface area contributed by atoms with Crippen LogP contribution in [0.25, 0.3) is 0 Å². The van der Waals surface area contributed by atoms with Crippen molar-refractivity contribution in [3.8, 4) is 5.75 Å². The molecule has 6 heteroatoms. The number of rotatable bonds is 8. The Morgan fingerprint density at radius 3 is 2.67 bits per heavy atom. The maximum absolute atomic E-state index is 11.7. The molecule has 6 nitrogen and oxygen atoms in total. The quantitative estimate of drug-likeness (QED) is 0.799. The summed E-state index contributed by atoms with van der Waals surface area (Å²) in [6.07, 6.45) is -0.830. The molecule has 0 aromatic heterocycles. The van der Waals surface area contributed by atoms with E-state index in [-0.39, 0.29) is 6.10 Å². The second kappa shape index (κ2) is 9.20. The highest BCUT2D eigenvalue weighted by Gasteiger charge is 2.11. The highest BCUT2D eigenvalue weighted by Crippen LogP contribution is 2.24. The summed E-state index contributed by atoms with van der Waals surface area (Å²) in [5.74, 6) is 0.742. The molecule has 21 heavy (non-hydrogen) atoms. The van der Waals surface area contributed by atoms with Crippen molar-refractivity contribution in [1.82, 2.24) is 0 Å². The van der Waals surface area contributed by atoms with Gasteiger partial charge in [0.15, 0.2) is 0 Å². The number of methoxy groups -OCH3 is 2. The molecule has 0 aliphatic heterocycles. The van der Waals surface area contributed by atoms with Crippen molar-refractivity contribution in [1.29, 1.82) is 0 Å². The first kappa shape index (κ1) is 17.3. The highest BCUT2D eigenvalue weighted by atomic mass is 16.6. The summed E-state index contributed by atoms with van der Waals surface area (Å²) in [6, 6.07) is 5.36. The standard InChI is InChI=1S/C15H23NO5/c1-5-20-14-7-6-13(8-12(14)10-19-4)16-15(17)21-11(2)9-18-3/h6-8,11H,5,9-10H2,1-4H3,(H,16,17). The molecule has 1 N–H and O–H groups in total. The van der Waals surface area contributed by atoms with Gasteiger partial charge in [-0.2, -0.15) is 0 Å². The number of amides is 1. The number of hydrogen-bond acceptors (Lipinski definition) is 5. The minimum absolute atomic E-state index is 0.309. The Hall–Kier alpha value is -1.79. The second-order valence-corrected chi connectivity index (χ2v) is 4.48. The molecule has 1 atom stereocenters. The van der Waals surface area contributed by atoms with E-state index in [1.54, 1.807) is 39.3 Å². The highest BCUT2D eigenvalue weighted by molar-refractivity contribution is 5.85. The molecule has 0 saturated carbocycles. The molecule has 0 aliphatic carbocycles. The van der Waals surface area contributed by atoms with E-state index in [0.29, 0.717) is 25.5 Å². The van der Waals surface area contributed by atoms with E-state index in [4.69, 9.17) is 18.9 Å². The van der Waals surface area contributed by atoms with Crippen LogP contribution in [0.5, 0.6) is 5.75 Å². The van der Waals surface area contributed by atoms with Gasteiger partial charge in [-0.1, -0.05) is 0 Å². The monoisotopic (exact) mass is 297 g/mol. The van der Waals surface area contributed by atoms with Gasteiger partial charge in [-0.25, -0.2) is 4.79 Å². The van der Waals surface area contributed by atoms with Crippen molar-refractivity contribution in [3.63, 3.8) is 0 Å². The topological polar surface area (TPSA) is 66.0 Å². The van der Waals surface area contributed by atoms with Gasteiger partial charge in [0.05, 0.1) is 19.8 Å². The average molecular weight is 297 g/mol. The molecule has 1 aromatic rings. The summed E-state index contributed by atoms with van der Waals surface area (Å²) in [5, 5.41) is 2.67. The number of benzene rings is 1. The number of ether oxygens (including phenoxy) is 4. The minimum atomic E-state index is -0.521. The van der Waals surface area contributed by atoms with Crippen LogP contribution < -0.4 is 10.1 Å². The number of hydrogen-bond donors (Lipinski definition) is 1. The third-order valence-corrected chi connectivity index (χ3v) is 2.62. The smallest absolute Gasteiger partial charge is 0.411 e. The van der Waals surface area contributed by atoms with Gasteiger partial charge in [0.1, 0.15) is 11.9 Å². The van der Waals surface area contributed by atoms with Gasteiger partial charge in [-0.3, -0.25) is 5.32 Å². The lowest BCUT2D eigenvalue weighted by atomic mass is 10.2. The Balaban J connectivity index is 2.70. The molecule has 1 unspecified atom stereocenters. The van der Waals surface area contributed by atoms with Crippen molar-refractivity contribution < 1.29 is 23.7 Å². The van der Waals surface area contributed by atoms with Crippen molar-refractivity contribution in [2.75, 3.05) is 32.8 Å². The lowest BCUT2D eigenvalue weighted by Crippen LogP contribution is -2.23. The van der Waals surface area contributed by atoms with Gasteiger partial charge >= 0.3 is 6.09 Å². The summed E-state index contributed by atoms with van der Waals surface area (Å²) < 4.78 is 20.7. The van der Waals surface area contributed by atoms with Crippen LogP contribution in [-0.2, 0) is 20.8 Å².